The predicted molar refractivity (Wildman–Crippen MR) is 82.4 cm³/mol. The molecular formula is C17H27NO2. The highest BCUT2D eigenvalue weighted by Crippen LogP contribution is 2.16. The van der Waals surface area contributed by atoms with Crippen LogP contribution in [0.2, 0.25) is 0 Å². The Labute approximate surface area is 122 Å². The van der Waals surface area contributed by atoms with E-state index in [1.54, 1.807) is 0 Å². The summed E-state index contributed by atoms with van der Waals surface area (Å²) in [5.41, 5.74) is 1.27. The topological polar surface area (TPSA) is 21.7 Å². The van der Waals surface area contributed by atoms with Gasteiger partial charge in [0.25, 0.3) is 0 Å². The number of rotatable bonds is 6. The van der Waals surface area contributed by atoms with Crippen molar-refractivity contribution in [1.29, 1.82) is 0 Å². The first-order valence-corrected chi connectivity index (χ1v) is 7.71. The molecule has 1 heterocycles. The maximum Gasteiger partial charge on any atom is 0.119 e. The van der Waals surface area contributed by atoms with E-state index in [0.29, 0.717) is 12.2 Å². The van der Waals surface area contributed by atoms with Gasteiger partial charge in [-0.25, -0.2) is 0 Å². The summed E-state index contributed by atoms with van der Waals surface area (Å²) in [5.74, 6) is 0.966. The number of benzene rings is 1. The molecular weight excluding hydrogens is 250 g/mol. The van der Waals surface area contributed by atoms with Crippen LogP contribution >= 0.6 is 0 Å². The Hall–Kier alpha value is -1.06. The van der Waals surface area contributed by atoms with Gasteiger partial charge in [-0.1, -0.05) is 17.7 Å². The maximum atomic E-state index is 5.87. The number of ether oxygens (including phenoxy) is 2. The van der Waals surface area contributed by atoms with Gasteiger partial charge in [0.1, 0.15) is 12.4 Å². The van der Waals surface area contributed by atoms with E-state index in [9.17, 15) is 0 Å². The maximum absolute atomic E-state index is 5.87. The summed E-state index contributed by atoms with van der Waals surface area (Å²) in [7, 11) is 0. The summed E-state index contributed by atoms with van der Waals surface area (Å²) in [5, 5.41) is 0. The first kappa shape index (κ1) is 15.3. The third-order valence-corrected chi connectivity index (χ3v) is 3.70. The zero-order chi connectivity index (χ0) is 14.4. The zero-order valence-electron chi connectivity index (χ0n) is 13.0. The van der Waals surface area contributed by atoms with Crippen LogP contribution in [-0.4, -0.2) is 43.3 Å². The van der Waals surface area contributed by atoms with Crippen molar-refractivity contribution in [3.05, 3.63) is 29.8 Å². The van der Waals surface area contributed by atoms with Crippen LogP contribution in [0.5, 0.6) is 5.75 Å². The summed E-state index contributed by atoms with van der Waals surface area (Å²) >= 11 is 0. The van der Waals surface area contributed by atoms with Gasteiger partial charge in [0.05, 0.1) is 12.2 Å². The van der Waals surface area contributed by atoms with Crippen LogP contribution in [0.1, 0.15) is 32.3 Å². The number of piperidine rings is 1. The zero-order valence-corrected chi connectivity index (χ0v) is 13.0. The molecule has 0 aliphatic carbocycles. The van der Waals surface area contributed by atoms with E-state index in [1.165, 1.54) is 5.56 Å². The largest absolute Gasteiger partial charge is 0.492 e. The van der Waals surface area contributed by atoms with Crippen molar-refractivity contribution in [2.75, 3.05) is 26.2 Å². The fraction of sp³-hybridized carbons (Fsp3) is 0.647. The van der Waals surface area contributed by atoms with Gasteiger partial charge in [-0.05, 0) is 45.7 Å². The molecule has 0 radical (unpaired) electrons. The molecule has 0 bridgehead atoms. The Kier molecular flexibility index (Phi) is 5.86. The summed E-state index contributed by atoms with van der Waals surface area (Å²) < 4.78 is 11.6. The molecule has 0 aromatic heterocycles. The van der Waals surface area contributed by atoms with E-state index < -0.39 is 0 Å². The van der Waals surface area contributed by atoms with E-state index in [2.05, 4.69) is 37.8 Å². The van der Waals surface area contributed by atoms with Crippen LogP contribution in [0, 0.1) is 6.92 Å². The van der Waals surface area contributed by atoms with Gasteiger partial charge in [-0.2, -0.15) is 0 Å². The molecule has 1 aliphatic heterocycles. The highest BCUT2D eigenvalue weighted by molar-refractivity contribution is 5.26. The van der Waals surface area contributed by atoms with Crippen LogP contribution in [0.4, 0.5) is 0 Å². The molecule has 1 aliphatic rings. The van der Waals surface area contributed by atoms with E-state index in [0.717, 1.165) is 44.8 Å². The van der Waals surface area contributed by atoms with Crippen LogP contribution in [0.3, 0.4) is 0 Å². The Balaban J connectivity index is 1.62. The summed E-state index contributed by atoms with van der Waals surface area (Å²) in [6, 6.07) is 8.25. The lowest BCUT2D eigenvalue weighted by Crippen LogP contribution is -2.39. The fourth-order valence-corrected chi connectivity index (χ4v) is 2.58. The highest BCUT2D eigenvalue weighted by Gasteiger charge is 2.20. The first-order valence-electron chi connectivity index (χ1n) is 7.71. The second-order valence-electron chi connectivity index (χ2n) is 5.89. The minimum absolute atomic E-state index is 0.344. The molecule has 112 valence electrons. The first-order chi connectivity index (χ1) is 9.63. The molecule has 0 spiro atoms. The highest BCUT2D eigenvalue weighted by atomic mass is 16.5. The third-order valence-electron chi connectivity index (χ3n) is 3.70. The fourth-order valence-electron chi connectivity index (χ4n) is 2.58. The Morgan fingerprint density at radius 1 is 1.15 bits per heavy atom. The number of aryl methyl sites for hydroxylation is 1. The molecule has 3 nitrogen and oxygen atoms in total. The molecule has 0 amide bonds. The molecule has 0 N–H and O–H groups in total. The Morgan fingerprint density at radius 2 is 1.80 bits per heavy atom. The minimum atomic E-state index is 0.344. The van der Waals surface area contributed by atoms with E-state index in [4.69, 9.17) is 9.47 Å². The number of likely N-dealkylation sites (tertiary alicyclic amines) is 1. The standard InChI is InChI=1S/C17H27NO2/c1-14(2)20-17-8-10-18(11-9-17)12-13-19-16-6-4-15(3)5-7-16/h4-7,14,17H,8-13H2,1-3H3. The van der Waals surface area contributed by atoms with Crippen molar-refractivity contribution in [3.8, 4) is 5.75 Å². The van der Waals surface area contributed by atoms with E-state index in [-0.39, 0.29) is 0 Å². The van der Waals surface area contributed by atoms with Crippen LogP contribution in [-0.2, 0) is 4.74 Å². The summed E-state index contributed by atoms with van der Waals surface area (Å²) in [6.07, 6.45) is 3.08. The molecule has 1 fully saturated rings. The van der Waals surface area contributed by atoms with E-state index >= 15 is 0 Å². The van der Waals surface area contributed by atoms with Crippen molar-refractivity contribution < 1.29 is 9.47 Å². The summed E-state index contributed by atoms with van der Waals surface area (Å²) in [4.78, 5) is 2.47. The number of hydrogen-bond donors (Lipinski definition) is 0. The van der Waals surface area contributed by atoms with Gasteiger partial charge >= 0.3 is 0 Å². The van der Waals surface area contributed by atoms with Gasteiger partial charge in [-0.3, -0.25) is 4.90 Å². The third kappa shape index (κ3) is 5.14. The molecule has 1 saturated heterocycles. The smallest absolute Gasteiger partial charge is 0.119 e. The van der Waals surface area contributed by atoms with Crippen molar-refractivity contribution >= 4 is 0 Å². The van der Waals surface area contributed by atoms with Crippen LogP contribution in [0.15, 0.2) is 24.3 Å². The molecule has 1 aromatic carbocycles. The lowest BCUT2D eigenvalue weighted by molar-refractivity contribution is -0.0279. The van der Waals surface area contributed by atoms with Crippen molar-refractivity contribution in [3.63, 3.8) is 0 Å². The van der Waals surface area contributed by atoms with Crippen LogP contribution < -0.4 is 4.74 Å². The molecule has 2 rings (SSSR count). The average molecular weight is 277 g/mol. The lowest BCUT2D eigenvalue weighted by atomic mass is 10.1. The second kappa shape index (κ2) is 7.65. The van der Waals surface area contributed by atoms with Crippen molar-refractivity contribution in [1.82, 2.24) is 4.90 Å². The molecule has 0 atom stereocenters. The van der Waals surface area contributed by atoms with Gasteiger partial charge in [0, 0.05) is 19.6 Å². The minimum Gasteiger partial charge on any atom is -0.492 e. The monoisotopic (exact) mass is 277 g/mol. The second-order valence-corrected chi connectivity index (χ2v) is 5.89. The normalized spacial score (nSPS) is 17.6. The Bertz CT molecular complexity index is 380. The van der Waals surface area contributed by atoms with Gasteiger partial charge in [0.15, 0.2) is 0 Å². The molecule has 1 aromatic rings. The van der Waals surface area contributed by atoms with Crippen molar-refractivity contribution in [2.45, 2.75) is 45.8 Å². The quantitative estimate of drug-likeness (QED) is 0.796. The molecule has 0 unspecified atom stereocenters. The summed E-state index contributed by atoms with van der Waals surface area (Å²) in [6.45, 7) is 10.3. The van der Waals surface area contributed by atoms with Gasteiger partial charge < -0.3 is 9.47 Å². The molecule has 20 heavy (non-hydrogen) atoms. The van der Waals surface area contributed by atoms with Gasteiger partial charge in [0.2, 0.25) is 0 Å². The number of nitrogens with zero attached hydrogens (tertiary/aromatic N) is 1. The van der Waals surface area contributed by atoms with Crippen molar-refractivity contribution in [2.24, 2.45) is 0 Å². The van der Waals surface area contributed by atoms with Crippen LogP contribution in [0.25, 0.3) is 0 Å². The Morgan fingerprint density at radius 3 is 2.40 bits per heavy atom. The average Bonchev–Trinajstić information content (AvgIpc) is 2.42. The predicted octanol–water partition coefficient (Wildman–Crippen LogP) is 3.26. The molecule has 0 saturated carbocycles. The molecule has 3 heteroatoms. The van der Waals surface area contributed by atoms with E-state index in [1.807, 2.05) is 12.1 Å². The van der Waals surface area contributed by atoms with Gasteiger partial charge in [-0.15, -0.1) is 0 Å². The SMILES string of the molecule is Cc1ccc(OCCN2CCC(OC(C)C)CC2)cc1. The lowest BCUT2D eigenvalue weighted by Gasteiger charge is -2.32. The number of hydrogen-bond acceptors (Lipinski definition) is 3.